The van der Waals surface area contributed by atoms with E-state index in [9.17, 15) is 14.7 Å². The number of rotatable bonds is 6. The van der Waals surface area contributed by atoms with Crippen LogP contribution in [0.25, 0.3) is 32.9 Å². The predicted molar refractivity (Wildman–Crippen MR) is 155 cm³/mol. The molecule has 9 nitrogen and oxygen atoms in total. The molecule has 0 fully saturated rings. The number of carboxylic acids is 1. The van der Waals surface area contributed by atoms with Crippen LogP contribution in [-0.2, 0) is 22.5 Å². The average molecular weight is 551 g/mol. The van der Waals surface area contributed by atoms with Crippen molar-refractivity contribution in [3.63, 3.8) is 0 Å². The summed E-state index contributed by atoms with van der Waals surface area (Å²) in [5, 5.41) is 12.1. The molecule has 1 atom stereocenters. The van der Waals surface area contributed by atoms with E-state index in [1.807, 2.05) is 52.0 Å². The van der Waals surface area contributed by atoms with E-state index in [0.29, 0.717) is 45.4 Å². The maximum Gasteiger partial charge on any atom is 0.337 e. The van der Waals surface area contributed by atoms with E-state index in [1.54, 1.807) is 35.4 Å². The smallest absolute Gasteiger partial charge is 0.337 e. The fraction of sp³-hybridized carbons (Fsp3) is 0.281. The van der Waals surface area contributed by atoms with Gasteiger partial charge in [-0.2, -0.15) is 0 Å². The van der Waals surface area contributed by atoms with Crippen LogP contribution >= 0.6 is 0 Å². The molecule has 1 N–H and O–H groups in total. The second-order valence-electron chi connectivity index (χ2n) is 11.2. The molecule has 2 aromatic carbocycles. The predicted octanol–water partition coefficient (Wildman–Crippen LogP) is 5.24. The lowest BCUT2D eigenvalue weighted by molar-refractivity contribution is -0.160. The molecule has 0 spiro atoms. The first-order valence-corrected chi connectivity index (χ1v) is 13.5. The van der Waals surface area contributed by atoms with Crippen molar-refractivity contribution < 1.29 is 19.4 Å². The number of ether oxygens (including phenoxy) is 2. The summed E-state index contributed by atoms with van der Waals surface area (Å²) in [5.41, 5.74) is 4.77. The molecule has 208 valence electrons. The number of fused-ring (bicyclic) bond motifs is 1. The van der Waals surface area contributed by atoms with Gasteiger partial charge in [-0.25, -0.2) is 4.79 Å². The summed E-state index contributed by atoms with van der Waals surface area (Å²) in [5.74, 6) is -0.354. The van der Waals surface area contributed by atoms with E-state index >= 15 is 0 Å². The Morgan fingerprint density at radius 2 is 1.95 bits per heavy atom. The third kappa shape index (κ3) is 4.82. The molecule has 0 unspecified atom stereocenters. The molecular weight excluding hydrogens is 520 g/mol. The molecule has 4 heterocycles. The Morgan fingerprint density at radius 3 is 2.68 bits per heavy atom. The fourth-order valence-electron chi connectivity index (χ4n) is 5.64. The van der Waals surface area contributed by atoms with Crippen LogP contribution < -0.4 is 10.3 Å². The van der Waals surface area contributed by atoms with Crippen molar-refractivity contribution in [2.45, 2.75) is 52.4 Å². The van der Waals surface area contributed by atoms with Crippen molar-refractivity contribution in [1.29, 1.82) is 0 Å². The molecule has 0 bridgehead atoms. The van der Waals surface area contributed by atoms with Crippen LogP contribution in [0.3, 0.4) is 0 Å². The van der Waals surface area contributed by atoms with Gasteiger partial charge in [0.05, 0.1) is 41.7 Å². The third-order valence-electron chi connectivity index (χ3n) is 7.28. The zero-order chi connectivity index (χ0) is 28.9. The minimum Gasteiger partial charge on any atom is -0.493 e. The van der Waals surface area contributed by atoms with E-state index in [2.05, 4.69) is 9.97 Å². The van der Waals surface area contributed by atoms with Gasteiger partial charge in [-0.15, -0.1) is 0 Å². The molecule has 0 amide bonds. The van der Waals surface area contributed by atoms with Gasteiger partial charge in [0.25, 0.3) is 5.56 Å². The molecule has 1 aliphatic rings. The van der Waals surface area contributed by atoms with Gasteiger partial charge in [-0.3, -0.25) is 19.7 Å². The molecule has 0 saturated carbocycles. The van der Waals surface area contributed by atoms with Gasteiger partial charge in [-0.1, -0.05) is 0 Å². The van der Waals surface area contributed by atoms with Crippen LogP contribution in [-0.4, -0.2) is 42.8 Å². The summed E-state index contributed by atoms with van der Waals surface area (Å²) in [6.07, 6.45) is 6.06. The molecule has 3 aromatic heterocycles. The normalized spacial score (nSPS) is 13.8. The van der Waals surface area contributed by atoms with Crippen molar-refractivity contribution in [3.8, 4) is 16.9 Å². The van der Waals surface area contributed by atoms with Crippen LogP contribution in [0.4, 0.5) is 0 Å². The van der Waals surface area contributed by atoms with Crippen molar-refractivity contribution in [2.75, 3.05) is 6.61 Å². The van der Waals surface area contributed by atoms with Gasteiger partial charge in [0.1, 0.15) is 5.75 Å². The maximum absolute atomic E-state index is 13.2. The summed E-state index contributed by atoms with van der Waals surface area (Å²) >= 11 is 0. The summed E-state index contributed by atoms with van der Waals surface area (Å²) < 4.78 is 13.8. The number of hydrogen-bond donors (Lipinski definition) is 1. The summed E-state index contributed by atoms with van der Waals surface area (Å²) in [6, 6.07) is 10.9. The van der Waals surface area contributed by atoms with E-state index in [0.717, 1.165) is 28.7 Å². The van der Waals surface area contributed by atoms with Gasteiger partial charge in [0, 0.05) is 53.0 Å². The highest BCUT2D eigenvalue weighted by atomic mass is 16.5. The molecule has 6 rings (SSSR count). The first-order chi connectivity index (χ1) is 19.6. The van der Waals surface area contributed by atoms with E-state index < -0.39 is 17.7 Å². The minimum absolute atomic E-state index is 0.203. The Bertz CT molecular complexity index is 1870. The highest BCUT2D eigenvalue weighted by molar-refractivity contribution is 6.08. The third-order valence-corrected chi connectivity index (χ3v) is 7.28. The van der Waals surface area contributed by atoms with Crippen LogP contribution in [0, 0.1) is 6.92 Å². The van der Waals surface area contributed by atoms with E-state index in [1.165, 1.54) is 6.07 Å². The molecule has 41 heavy (non-hydrogen) atoms. The average Bonchev–Trinajstić information content (AvgIpc) is 2.94. The lowest BCUT2D eigenvalue weighted by Gasteiger charge is -2.29. The molecule has 0 radical (unpaired) electrons. The molecule has 1 aliphatic heterocycles. The molecular formula is C32H30N4O5. The van der Waals surface area contributed by atoms with Crippen molar-refractivity contribution in [1.82, 2.24) is 19.5 Å². The van der Waals surface area contributed by atoms with Crippen molar-refractivity contribution >= 4 is 27.8 Å². The number of aromatic nitrogens is 4. The second kappa shape index (κ2) is 10.1. The summed E-state index contributed by atoms with van der Waals surface area (Å²) in [7, 11) is 0. The summed E-state index contributed by atoms with van der Waals surface area (Å²) in [6.45, 7) is 8.14. The van der Waals surface area contributed by atoms with Gasteiger partial charge in [-0.05, 0) is 74.7 Å². The van der Waals surface area contributed by atoms with Gasteiger partial charge in [0.2, 0.25) is 0 Å². The number of hydrogen-bond acceptors (Lipinski definition) is 7. The second-order valence-corrected chi connectivity index (χ2v) is 11.2. The highest BCUT2D eigenvalue weighted by Crippen LogP contribution is 2.44. The Kier molecular flexibility index (Phi) is 6.54. The Labute approximate surface area is 236 Å². The van der Waals surface area contributed by atoms with Crippen LogP contribution in [0.2, 0.25) is 0 Å². The zero-order valence-electron chi connectivity index (χ0n) is 23.3. The molecule has 5 aromatic rings. The largest absolute Gasteiger partial charge is 0.493 e. The number of nitrogens with zero attached hydrogens (tertiary/aromatic N) is 4. The van der Waals surface area contributed by atoms with E-state index in [-0.39, 0.29) is 12.1 Å². The number of pyridine rings is 2. The number of carboxylic acid groups (broad SMARTS) is 1. The topological polar surface area (TPSA) is 116 Å². The number of carbonyl (C=O) groups is 1. The Hall–Kier alpha value is -4.63. The number of aryl methyl sites for hydroxylation is 1. The van der Waals surface area contributed by atoms with Gasteiger partial charge >= 0.3 is 5.97 Å². The van der Waals surface area contributed by atoms with Gasteiger partial charge in [0.15, 0.2) is 6.10 Å². The van der Waals surface area contributed by atoms with Crippen molar-refractivity contribution in [3.05, 3.63) is 93.9 Å². The van der Waals surface area contributed by atoms with E-state index in [4.69, 9.17) is 14.5 Å². The fourth-order valence-corrected chi connectivity index (χ4v) is 5.64. The minimum atomic E-state index is -1.27. The Morgan fingerprint density at radius 1 is 1.12 bits per heavy atom. The first-order valence-electron chi connectivity index (χ1n) is 13.5. The lowest BCUT2D eigenvalue weighted by atomic mass is 9.86. The quantitative estimate of drug-likeness (QED) is 0.305. The zero-order valence-corrected chi connectivity index (χ0v) is 23.3. The Balaban J connectivity index is 1.73. The van der Waals surface area contributed by atoms with Crippen molar-refractivity contribution in [2.24, 2.45) is 0 Å². The standard InChI is InChI=1S/C32H30N4O5/c1-18-15-23-21(6-8-25(37)36(23)17-20-16-33-12-13-34-20)28(26(18)30(31(38)39)41-32(2,3)4)22-5-7-24-27-19(10-14-40-24)9-11-35-29(22)27/h5-9,11-13,15-16,30H,10,14,17H2,1-4H3,(H,38,39)/t30-/m0/s1. The molecule has 0 saturated heterocycles. The van der Waals surface area contributed by atoms with Gasteiger partial charge < -0.3 is 19.1 Å². The monoisotopic (exact) mass is 550 g/mol. The molecule has 9 heteroatoms. The molecule has 0 aliphatic carbocycles. The number of benzene rings is 2. The highest BCUT2D eigenvalue weighted by Gasteiger charge is 2.33. The first kappa shape index (κ1) is 26.6. The number of aliphatic carboxylic acids is 1. The van der Waals surface area contributed by atoms with Crippen LogP contribution in [0.1, 0.15) is 49.3 Å². The van der Waals surface area contributed by atoms with Crippen LogP contribution in [0.5, 0.6) is 5.75 Å². The maximum atomic E-state index is 13.2. The summed E-state index contributed by atoms with van der Waals surface area (Å²) in [4.78, 5) is 39.3. The SMILES string of the molecule is Cc1cc2c(ccc(=O)n2Cc2cnccn2)c(-c2ccc3c4c(ccnc24)CCO3)c1[C@H](OC(C)(C)C)C(=O)O. The van der Waals surface area contributed by atoms with Crippen LogP contribution in [0.15, 0.2) is 66.0 Å². The lowest BCUT2D eigenvalue weighted by Crippen LogP contribution is -2.28.